The summed E-state index contributed by atoms with van der Waals surface area (Å²) < 4.78 is 4.47. The van der Waals surface area contributed by atoms with E-state index in [-0.39, 0.29) is 0 Å². The topological polar surface area (TPSA) is 7.76 Å². The van der Waals surface area contributed by atoms with Gasteiger partial charge in [0.05, 0.1) is 0 Å². The van der Waals surface area contributed by atoms with Crippen LogP contribution in [0.4, 0.5) is 0 Å². The van der Waals surface area contributed by atoms with Gasteiger partial charge in [-0.3, -0.25) is 0 Å². The third-order valence-corrected chi connectivity index (χ3v) is 8.73. The standard InChI is InChI=1S/C32H26N2S2/c1-3-7-29-21-25(9-11-27(29)5-1)23-33-17-13-31(14-18-33)35-36-32-15-19-34(20-16-32)24-26-10-12-28-6-2-4-8-30(28)22-26/h1-22H,23-24H2/q+2. The van der Waals surface area contributed by atoms with Crippen molar-refractivity contribution in [1.29, 1.82) is 0 Å². The minimum absolute atomic E-state index is 0.874. The van der Waals surface area contributed by atoms with Crippen LogP contribution in [0.5, 0.6) is 0 Å². The molecule has 0 unspecified atom stereocenters. The number of pyridine rings is 2. The summed E-state index contributed by atoms with van der Waals surface area (Å²) in [5, 5.41) is 5.16. The molecule has 0 aliphatic rings. The second-order valence-corrected chi connectivity index (χ2v) is 11.2. The summed E-state index contributed by atoms with van der Waals surface area (Å²) in [5.41, 5.74) is 2.63. The molecule has 2 aromatic heterocycles. The van der Waals surface area contributed by atoms with Crippen molar-refractivity contribution in [2.24, 2.45) is 0 Å². The second kappa shape index (κ2) is 10.6. The zero-order valence-electron chi connectivity index (χ0n) is 19.8. The molecule has 0 radical (unpaired) electrons. The summed E-state index contributed by atoms with van der Waals surface area (Å²) in [6, 6.07) is 39.2. The fraction of sp³-hybridized carbons (Fsp3) is 0.0625. The Labute approximate surface area is 219 Å². The number of aromatic nitrogens is 2. The molecule has 0 spiro atoms. The number of hydrogen-bond acceptors (Lipinski definition) is 2. The molecule has 174 valence electrons. The van der Waals surface area contributed by atoms with E-state index < -0.39 is 0 Å². The summed E-state index contributed by atoms with van der Waals surface area (Å²) in [4.78, 5) is 2.50. The van der Waals surface area contributed by atoms with E-state index in [1.54, 1.807) is 21.6 Å². The lowest BCUT2D eigenvalue weighted by atomic mass is 10.1. The van der Waals surface area contributed by atoms with Gasteiger partial charge in [0.15, 0.2) is 37.9 Å². The zero-order chi connectivity index (χ0) is 24.2. The largest absolute Gasteiger partial charge is 0.201 e. The van der Waals surface area contributed by atoms with Crippen LogP contribution in [-0.4, -0.2) is 0 Å². The Kier molecular flexibility index (Phi) is 6.70. The van der Waals surface area contributed by atoms with Crippen LogP contribution in [0.2, 0.25) is 0 Å². The maximum absolute atomic E-state index is 2.28. The Morgan fingerprint density at radius 3 is 1.22 bits per heavy atom. The molecule has 0 saturated carbocycles. The van der Waals surface area contributed by atoms with E-state index in [2.05, 4.69) is 143 Å². The van der Waals surface area contributed by atoms with Crippen LogP contribution in [0.3, 0.4) is 0 Å². The Hall–Kier alpha value is -3.60. The molecule has 0 bridgehead atoms. The van der Waals surface area contributed by atoms with Crippen molar-refractivity contribution in [3.05, 3.63) is 145 Å². The van der Waals surface area contributed by atoms with Crippen LogP contribution in [0.15, 0.2) is 144 Å². The fourth-order valence-electron chi connectivity index (χ4n) is 4.40. The lowest BCUT2D eigenvalue weighted by Gasteiger charge is -2.04. The molecule has 4 aromatic carbocycles. The molecule has 0 atom stereocenters. The Bertz CT molecular complexity index is 1500. The van der Waals surface area contributed by atoms with Crippen LogP contribution < -0.4 is 9.13 Å². The number of benzene rings is 4. The lowest BCUT2D eigenvalue weighted by molar-refractivity contribution is -0.688. The quantitative estimate of drug-likeness (QED) is 0.165. The van der Waals surface area contributed by atoms with Gasteiger partial charge in [0.1, 0.15) is 0 Å². The molecule has 0 fully saturated rings. The van der Waals surface area contributed by atoms with Gasteiger partial charge < -0.3 is 0 Å². The molecule has 0 aliphatic carbocycles. The molecule has 0 aliphatic heterocycles. The summed E-state index contributed by atoms with van der Waals surface area (Å²) >= 11 is 0. The lowest BCUT2D eigenvalue weighted by Crippen LogP contribution is -2.33. The number of rotatable bonds is 7. The number of nitrogens with zero attached hydrogens (tertiary/aromatic N) is 2. The van der Waals surface area contributed by atoms with Gasteiger partial charge in [0.2, 0.25) is 0 Å². The second-order valence-electron chi connectivity index (χ2n) is 8.94. The Morgan fingerprint density at radius 2 is 0.806 bits per heavy atom. The van der Waals surface area contributed by atoms with Gasteiger partial charge in [-0.25, -0.2) is 9.13 Å². The minimum atomic E-state index is 0.874. The summed E-state index contributed by atoms with van der Waals surface area (Å²) in [6.45, 7) is 1.75. The third-order valence-electron chi connectivity index (χ3n) is 6.31. The van der Waals surface area contributed by atoms with Gasteiger partial charge in [-0.1, -0.05) is 94.4 Å². The van der Waals surface area contributed by atoms with Crippen LogP contribution in [0, 0.1) is 0 Å². The molecule has 6 rings (SSSR count). The SMILES string of the molecule is c1ccc2cc(C[n+]3ccc(SSc4cc[n+](Cc5ccc6ccccc6c5)cc4)cc3)ccc2c1. The molecule has 2 nitrogen and oxygen atoms in total. The first-order valence-corrected chi connectivity index (χ1v) is 14.2. The first-order chi connectivity index (χ1) is 17.8. The smallest absolute Gasteiger partial charge is 0.173 e. The number of fused-ring (bicyclic) bond motifs is 2. The van der Waals surface area contributed by atoms with E-state index in [1.807, 2.05) is 0 Å². The molecular weight excluding hydrogens is 477 g/mol. The number of hydrogen-bond donors (Lipinski definition) is 0. The zero-order valence-corrected chi connectivity index (χ0v) is 21.5. The van der Waals surface area contributed by atoms with E-state index in [9.17, 15) is 0 Å². The van der Waals surface area contributed by atoms with Crippen LogP contribution >= 0.6 is 21.6 Å². The van der Waals surface area contributed by atoms with Gasteiger partial charge in [-0.05, 0) is 33.7 Å². The normalized spacial score (nSPS) is 11.2. The first-order valence-electron chi connectivity index (χ1n) is 12.1. The van der Waals surface area contributed by atoms with E-state index in [1.165, 1.54) is 42.5 Å². The highest BCUT2D eigenvalue weighted by Crippen LogP contribution is 2.36. The highest BCUT2D eigenvalue weighted by molar-refractivity contribution is 8.76. The minimum Gasteiger partial charge on any atom is -0.201 e. The van der Waals surface area contributed by atoms with Gasteiger partial charge >= 0.3 is 0 Å². The van der Waals surface area contributed by atoms with Crippen LogP contribution in [0.1, 0.15) is 11.1 Å². The van der Waals surface area contributed by atoms with E-state index >= 15 is 0 Å². The van der Waals surface area contributed by atoms with Crippen molar-refractivity contribution in [3.8, 4) is 0 Å². The summed E-state index contributed by atoms with van der Waals surface area (Å²) in [7, 11) is 3.59. The molecule has 4 heteroatoms. The van der Waals surface area contributed by atoms with Gasteiger partial charge in [0.25, 0.3) is 0 Å². The van der Waals surface area contributed by atoms with Crippen molar-refractivity contribution in [2.75, 3.05) is 0 Å². The molecule has 0 amide bonds. The molecule has 0 saturated heterocycles. The monoisotopic (exact) mass is 502 g/mol. The van der Waals surface area contributed by atoms with Crippen molar-refractivity contribution in [1.82, 2.24) is 0 Å². The molecule has 2 heterocycles. The van der Waals surface area contributed by atoms with Gasteiger partial charge in [0, 0.05) is 45.2 Å². The summed E-state index contributed by atoms with van der Waals surface area (Å²) in [5.74, 6) is 0. The first kappa shape index (κ1) is 22.8. The molecule has 0 N–H and O–H groups in total. The molecule has 6 aromatic rings. The highest BCUT2D eigenvalue weighted by Gasteiger charge is 2.08. The highest BCUT2D eigenvalue weighted by atomic mass is 33.1. The predicted octanol–water partition coefficient (Wildman–Crippen LogP) is 7.46. The van der Waals surface area contributed by atoms with Gasteiger partial charge in [-0.2, -0.15) is 0 Å². The fourth-order valence-corrected chi connectivity index (χ4v) is 6.30. The van der Waals surface area contributed by atoms with E-state index in [4.69, 9.17) is 0 Å². The summed E-state index contributed by atoms with van der Waals surface area (Å²) in [6.07, 6.45) is 8.67. The molecular formula is C32H26N2S2+2. The van der Waals surface area contributed by atoms with Crippen LogP contribution in [0.25, 0.3) is 21.5 Å². The van der Waals surface area contributed by atoms with Crippen molar-refractivity contribution in [2.45, 2.75) is 22.9 Å². The predicted molar refractivity (Wildman–Crippen MR) is 151 cm³/mol. The van der Waals surface area contributed by atoms with Crippen molar-refractivity contribution >= 4 is 43.1 Å². The van der Waals surface area contributed by atoms with E-state index in [0.29, 0.717) is 0 Å². The van der Waals surface area contributed by atoms with Crippen LogP contribution in [-0.2, 0) is 13.1 Å². The van der Waals surface area contributed by atoms with Crippen molar-refractivity contribution in [3.63, 3.8) is 0 Å². The maximum Gasteiger partial charge on any atom is 0.173 e. The average molecular weight is 503 g/mol. The Balaban J connectivity index is 1.05. The average Bonchev–Trinajstić information content (AvgIpc) is 2.93. The van der Waals surface area contributed by atoms with Gasteiger partial charge in [-0.15, -0.1) is 0 Å². The van der Waals surface area contributed by atoms with E-state index in [0.717, 1.165) is 13.1 Å². The third kappa shape index (κ3) is 5.46. The van der Waals surface area contributed by atoms with Crippen molar-refractivity contribution < 1.29 is 9.13 Å². The Morgan fingerprint density at radius 1 is 0.417 bits per heavy atom. The molecule has 36 heavy (non-hydrogen) atoms. The maximum atomic E-state index is 2.28.